The predicted octanol–water partition coefficient (Wildman–Crippen LogP) is 3.27. The normalized spacial score (nSPS) is 25.5. The zero-order valence-electron chi connectivity index (χ0n) is 18.8. The molecule has 0 radical (unpaired) electrons. The number of carbonyl (C=O) groups excluding carboxylic acids is 2. The Balaban J connectivity index is 1.24. The molecule has 2 aromatic carbocycles. The third kappa shape index (κ3) is 4.65. The molecule has 1 saturated carbocycles. The summed E-state index contributed by atoms with van der Waals surface area (Å²) < 4.78 is 25.9. The van der Waals surface area contributed by atoms with Gasteiger partial charge in [-0.2, -0.15) is 0 Å². The van der Waals surface area contributed by atoms with Gasteiger partial charge in [-0.1, -0.05) is 24.6 Å². The minimum atomic E-state index is -0.566. The van der Waals surface area contributed by atoms with Crippen molar-refractivity contribution in [3.8, 4) is 5.75 Å². The highest BCUT2D eigenvalue weighted by atomic mass is 19.1. The van der Waals surface area contributed by atoms with Crippen LogP contribution < -0.4 is 15.4 Å². The van der Waals surface area contributed by atoms with Crippen molar-refractivity contribution in [1.29, 1.82) is 0 Å². The van der Waals surface area contributed by atoms with Crippen LogP contribution in [0.3, 0.4) is 0 Å². The first-order chi connectivity index (χ1) is 16.5. The number of hydrogen-bond donors (Lipinski definition) is 3. The number of benzene rings is 2. The van der Waals surface area contributed by atoms with Crippen LogP contribution in [-0.2, 0) is 20.9 Å². The molecule has 4 atom stereocenters. The molecule has 34 heavy (non-hydrogen) atoms. The van der Waals surface area contributed by atoms with Crippen LogP contribution in [0.1, 0.15) is 49.1 Å². The van der Waals surface area contributed by atoms with Crippen molar-refractivity contribution in [2.75, 3.05) is 11.9 Å². The summed E-state index contributed by atoms with van der Waals surface area (Å²) >= 11 is 0. The summed E-state index contributed by atoms with van der Waals surface area (Å²) in [4.78, 5) is 24.9. The molecule has 2 fully saturated rings. The molecule has 180 valence electrons. The number of ether oxygens (including phenoxy) is 2. The van der Waals surface area contributed by atoms with E-state index in [1.807, 2.05) is 18.2 Å². The van der Waals surface area contributed by atoms with E-state index in [-0.39, 0.29) is 55.1 Å². The lowest BCUT2D eigenvalue weighted by atomic mass is 9.83. The molecule has 0 unspecified atom stereocenters. The van der Waals surface area contributed by atoms with Crippen LogP contribution in [0.15, 0.2) is 42.5 Å². The third-order valence-corrected chi connectivity index (χ3v) is 7.09. The van der Waals surface area contributed by atoms with Crippen molar-refractivity contribution in [2.24, 2.45) is 5.92 Å². The number of aliphatic hydroxyl groups excluding tert-OH is 1. The van der Waals surface area contributed by atoms with E-state index in [0.717, 1.165) is 30.5 Å². The van der Waals surface area contributed by atoms with Gasteiger partial charge >= 0.3 is 0 Å². The molecule has 0 spiro atoms. The van der Waals surface area contributed by atoms with E-state index in [1.165, 1.54) is 6.07 Å². The van der Waals surface area contributed by atoms with Crippen LogP contribution in [0.25, 0.3) is 0 Å². The van der Waals surface area contributed by atoms with Crippen LogP contribution in [0, 0.1) is 11.7 Å². The van der Waals surface area contributed by atoms with Gasteiger partial charge in [-0.3, -0.25) is 9.59 Å². The molecule has 1 saturated heterocycles. The van der Waals surface area contributed by atoms with Crippen molar-refractivity contribution >= 4 is 17.5 Å². The topological polar surface area (TPSA) is 96.9 Å². The van der Waals surface area contributed by atoms with Crippen molar-refractivity contribution < 1.29 is 28.6 Å². The Hall–Kier alpha value is -2.97. The number of halogens is 1. The van der Waals surface area contributed by atoms with Gasteiger partial charge in [0.1, 0.15) is 23.8 Å². The average molecular weight is 469 g/mol. The van der Waals surface area contributed by atoms with Crippen molar-refractivity contribution in [3.05, 3.63) is 59.4 Å². The largest absolute Gasteiger partial charge is 0.487 e. The lowest BCUT2D eigenvalue weighted by Crippen LogP contribution is -2.47. The Morgan fingerprint density at radius 3 is 2.71 bits per heavy atom. The maximum atomic E-state index is 13.8. The second kappa shape index (κ2) is 9.72. The first-order valence-electron chi connectivity index (χ1n) is 11.9. The number of hydrogen-bond acceptors (Lipinski definition) is 5. The fourth-order valence-corrected chi connectivity index (χ4v) is 5.00. The van der Waals surface area contributed by atoms with Gasteiger partial charge < -0.3 is 25.2 Å². The SMILES string of the molecule is O=C(C[C@@H]1C[C@@H]2c3cc(NC(=O)C4CCC4)ccc3O[C@@H]2[C@H](CO)O1)NCc1ccccc1F. The Morgan fingerprint density at radius 1 is 1.15 bits per heavy atom. The lowest BCUT2D eigenvalue weighted by Gasteiger charge is -2.37. The smallest absolute Gasteiger partial charge is 0.227 e. The highest BCUT2D eigenvalue weighted by Gasteiger charge is 2.46. The molecule has 5 rings (SSSR count). The van der Waals surface area contributed by atoms with E-state index >= 15 is 0 Å². The molecule has 3 aliphatic rings. The third-order valence-electron chi connectivity index (χ3n) is 7.09. The van der Waals surface area contributed by atoms with Crippen molar-refractivity contribution in [2.45, 2.75) is 62.9 Å². The summed E-state index contributed by atoms with van der Waals surface area (Å²) in [5.41, 5.74) is 2.10. The van der Waals surface area contributed by atoms with E-state index < -0.39 is 12.2 Å². The number of amides is 2. The number of carbonyl (C=O) groups is 2. The summed E-state index contributed by atoms with van der Waals surface area (Å²) in [7, 11) is 0. The summed E-state index contributed by atoms with van der Waals surface area (Å²) in [6, 6.07) is 11.9. The molecule has 3 N–H and O–H groups in total. The van der Waals surface area contributed by atoms with Gasteiger partial charge in [-0.15, -0.1) is 0 Å². The average Bonchev–Trinajstić information content (AvgIpc) is 3.15. The van der Waals surface area contributed by atoms with Gasteiger partial charge in [0.25, 0.3) is 0 Å². The van der Waals surface area contributed by atoms with Gasteiger partial charge in [-0.25, -0.2) is 4.39 Å². The Bertz CT molecular complexity index is 1070. The molecule has 0 bridgehead atoms. The van der Waals surface area contributed by atoms with Crippen molar-refractivity contribution in [3.63, 3.8) is 0 Å². The Kier molecular flexibility index (Phi) is 6.52. The van der Waals surface area contributed by atoms with Crippen molar-refractivity contribution in [1.82, 2.24) is 5.32 Å². The zero-order valence-corrected chi connectivity index (χ0v) is 18.8. The van der Waals surface area contributed by atoms with Crippen LogP contribution in [0.4, 0.5) is 10.1 Å². The second-order valence-corrected chi connectivity index (χ2v) is 9.35. The van der Waals surface area contributed by atoms with E-state index in [0.29, 0.717) is 17.7 Å². The minimum Gasteiger partial charge on any atom is -0.487 e. The lowest BCUT2D eigenvalue weighted by molar-refractivity contribution is -0.142. The zero-order chi connectivity index (χ0) is 23.7. The molecule has 2 aromatic rings. The summed E-state index contributed by atoms with van der Waals surface area (Å²) in [6.07, 6.45) is 2.27. The maximum Gasteiger partial charge on any atom is 0.227 e. The molecule has 8 heteroatoms. The van der Waals surface area contributed by atoms with E-state index in [2.05, 4.69) is 10.6 Å². The summed E-state index contributed by atoms with van der Waals surface area (Å²) in [5.74, 6) is 0.177. The van der Waals surface area contributed by atoms with Gasteiger partial charge in [-0.05, 0) is 43.5 Å². The monoisotopic (exact) mass is 468 g/mol. The number of nitrogens with one attached hydrogen (secondary N) is 2. The number of rotatable bonds is 7. The minimum absolute atomic E-state index is 0.0475. The van der Waals surface area contributed by atoms with Crippen LogP contribution in [0.5, 0.6) is 5.75 Å². The highest BCUT2D eigenvalue weighted by molar-refractivity contribution is 5.93. The van der Waals surface area contributed by atoms with E-state index in [4.69, 9.17) is 9.47 Å². The molecule has 7 nitrogen and oxygen atoms in total. The fraction of sp³-hybridized carbons (Fsp3) is 0.462. The standard InChI is InChI=1S/C26H29FN2O5/c27-21-7-2-1-4-16(21)13-28-24(31)12-18-11-20-19-10-17(29-26(32)15-5-3-6-15)8-9-22(19)34-25(20)23(14-30)33-18/h1-2,4,7-10,15,18,20,23,25,30H,3,5-6,11-14H2,(H,28,31)(H,29,32)/t18-,20+,23-,25-/m0/s1. The summed E-state index contributed by atoms with van der Waals surface area (Å²) in [5, 5.41) is 15.7. The summed E-state index contributed by atoms with van der Waals surface area (Å²) in [6.45, 7) is -0.128. The Labute approximate surface area is 197 Å². The number of anilines is 1. The van der Waals surface area contributed by atoms with E-state index in [9.17, 15) is 19.1 Å². The molecule has 1 aliphatic carbocycles. The molecular weight excluding hydrogens is 439 g/mol. The molecule has 2 aliphatic heterocycles. The Morgan fingerprint density at radius 2 is 1.97 bits per heavy atom. The van der Waals surface area contributed by atoms with Gasteiger partial charge in [0.15, 0.2) is 0 Å². The van der Waals surface area contributed by atoms with Crippen LogP contribution >= 0.6 is 0 Å². The number of fused-ring (bicyclic) bond motifs is 3. The van der Waals surface area contributed by atoms with E-state index in [1.54, 1.807) is 18.2 Å². The maximum absolute atomic E-state index is 13.8. The molecular formula is C26H29FN2O5. The molecule has 0 aromatic heterocycles. The predicted molar refractivity (Wildman–Crippen MR) is 123 cm³/mol. The van der Waals surface area contributed by atoms with Gasteiger partial charge in [0.05, 0.1) is 19.1 Å². The fourth-order valence-electron chi connectivity index (χ4n) is 5.00. The quantitative estimate of drug-likeness (QED) is 0.580. The van der Waals surface area contributed by atoms with Crippen LogP contribution in [0.2, 0.25) is 0 Å². The van der Waals surface area contributed by atoms with Gasteiger partial charge in [0.2, 0.25) is 11.8 Å². The first-order valence-corrected chi connectivity index (χ1v) is 11.9. The first kappa shape index (κ1) is 22.8. The molecule has 2 heterocycles. The van der Waals surface area contributed by atoms with Crippen LogP contribution in [-0.4, -0.2) is 41.8 Å². The second-order valence-electron chi connectivity index (χ2n) is 9.35. The van der Waals surface area contributed by atoms with Gasteiger partial charge in [0, 0.05) is 35.2 Å². The number of aliphatic hydroxyl groups is 1. The highest BCUT2D eigenvalue weighted by Crippen LogP contribution is 2.47. The molecule has 2 amide bonds.